The fourth-order valence-corrected chi connectivity index (χ4v) is 5.23. The SMILES string of the molecule is Cn1ccc(-c2ccc3c(C(=O)N4CCc5[nH]cnc5C4c4cc5c(C(F)(F)F)cccn5n4)cnn3c2)n1. The third kappa shape index (κ3) is 3.68. The molecule has 1 unspecified atom stereocenters. The van der Waals surface area contributed by atoms with E-state index in [4.69, 9.17) is 0 Å². The van der Waals surface area contributed by atoms with Gasteiger partial charge in [-0.25, -0.2) is 14.0 Å². The molecular formula is C26H20F3N9O. The highest BCUT2D eigenvalue weighted by atomic mass is 19.4. The monoisotopic (exact) mass is 531 g/mol. The van der Waals surface area contributed by atoms with Crippen LogP contribution in [0.5, 0.6) is 0 Å². The third-order valence-electron chi connectivity index (χ3n) is 7.05. The summed E-state index contributed by atoms with van der Waals surface area (Å²) < 4.78 is 45.6. The van der Waals surface area contributed by atoms with Gasteiger partial charge in [-0.05, 0) is 36.4 Å². The van der Waals surface area contributed by atoms with Gasteiger partial charge in [0.1, 0.15) is 6.04 Å². The lowest BCUT2D eigenvalue weighted by molar-refractivity contribution is -0.136. The lowest BCUT2D eigenvalue weighted by Gasteiger charge is -2.33. The van der Waals surface area contributed by atoms with E-state index in [2.05, 4.69) is 25.3 Å². The minimum atomic E-state index is -4.55. The van der Waals surface area contributed by atoms with Crippen LogP contribution in [-0.2, 0) is 19.6 Å². The molecule has 0 radical (unpaired) electrons. The number of rotatable bonds is 3. The number of imidazole rings is 1. The summed E-state index contributed by atoms with van der Waals surface area (Å²) >= 11 is 0. The molecule has 0 saturated carbocycles. The van der Waals surface area contributed by atoms with Crippen LogP contribution in [0.4, 0.5) is 13.2 Å². The molecule has 6 aromatic rings. The van der Waals surface area contributed by atoms with Gasteiger partial charge in [-0.3, -0.25) is 9.48 Å². The molecule has 0 aliphatic carbocycles. The van der Waals surface area contributed by atoms with Crippen LogP contribution >= 0.6 is 0 Å². The lowest BCUT2D eigenvalue weighted by Crippen LogP contribution is -2.41. The number of aryl methyl sites for hydroxylation is 1. The topological polar surface area (TPSA) is 101 Å². The quantitative estimate of drug-likeness (QED) is 0.373. The molecule has 7 rings (SSSR count). The molecule has 0 bridgehead atoms. The zero-order valence-electron chi connectivity index (χ0n) is 20.5. The first kappa shape index (κ1) is 23.2. The fraction of sp³-hybridized carbons (Fsp3) is 0.192. The van der Waals surface area contributed by atoms with Crippen LogP contribution in [0.1, 0.15) is 39.0 Å². The Hall–Kier alpha value is -4.94. The number of hydrogen-bond donors (Lipinski definition) is 1. The van der Waals surface area contributed by atoms with E-state index in [0.717, 1.165) is 23.0 Å². The third-order valence-corrected chi connectivity index (χ3v) is 7.05. The number of nitrogens with one attached hydrogen (secondary N) is 1. The normalized spacial score (nSPS) is 15.8. The molecule has 1 atom stereocenters. The number of hydrogen-bond acceptors (Lipinski definition) is 5. The number of amides is 1. The van der Waals surface area contributed by atoms with Crippen LogP contribution in [0, 0.1) is 0 Å². The van der Waals surface area contributed by atoms with Gasteiger partial charge in [0.05, 0.1) is 51.8 Å². The standard InChI is InChI=1S/C26H20F3N9O/c1-35-9-6-18(33-35)15-4-5-21-16(12-32-38(21)13-15)25(39)36-10-7-19-23(31-14-30-19)24(36)20-11-22-17(26(27,28)29)3-2-8-37(22)34-20/h2-6,8-9,11-14,24H,7,10H2,1H3,(H,30,31). The first-order chi connectivity index (χ1) is 18.8. The second kappa shape index (κ2) is 8.28. The molecule has 6 aromatic heterocycles. The van der Waals surface area contributed by atoms with Crippen molar-refractivity contribution in [2.75, 3.05) is 6.54 Å². The number of H-pyrrole nitrogens is 1. The molecule has 0 saturated heterocycles. The molecule has 7 heterocycles. The predicted octanol–water partition coefficient (Wildman–Crippen LogP) is 3.91. The Kier molecular flexibility index (Phi) is 4.93. The number of carbonyl (C=O) groups is 1. The average Bonchev–Trinajstić information content (AvgIpc) is 3.71. The summed E-state index contributed by atoms with van der Waals surface area (Å²) in [5.41, 5.74) is 3.35. The summed E-state index contributed by atoms with van der Waals surface area (Å²) in [5.74, 6) is -0.317. The van der Waals surface area contributed by atoms with Crippen molar-refractivity contribution in [1.29, 1.82) is 0 Å². The summed E-state index contributed by atoms with van der Waals surface area (Å²) in [4.78, 5) is 23.1. The second-order valence-corrected chi connectivity index (χ2v) is 9.42. The Morgan fingerprint density at radius 2 is 1.95 bits per heavy atom. The Labute approximate surface area is 218 Å². The number of aromatic amines is 1. The Morgan fingerprint density at radius 1 is 1.08 bits per heavy atom. The average molecular weight is 532 g/mol. The zero-order chi connectivity index (χ0) is 26.9. The molecule has 1 amide bonds. The minimum absolute atomic E-state index is 0.0897. The van der Waals surface area contributed by atoms with Crippen molar-refractivity contribution in [1.82, 2.24) is 43.9 Å². The number of alkyl halides is 3. The number of aromatic nitrogens is 8. The highest BCUT2D eigenvalue weighted by molar-refractivity contribution is 6.01. The number of pyridine rings is 2. The maximum atomic E-state index is 14.0. The van der Waals surface area contributed by atoms with Crippen LogP contribution in [0.3, 0.4) is 0 Å². The predicted molar refractivity (Wildman–Crippen MR) is 133 cm³/mol. The van der Waals surface area contributed by atoms with E-state index >= 15 is 0 Å². The van der Waals surface area contributed by atoms with Crippen molar-refractivity contribution in [2.45, 2.75) is 18.6 Å². The number of carbonyl (C=O) groups excluding carboxylic acids is 1. The van der Waals surface area contributed by atoms with Gasteiger partial charge in [0.25, 0.3) is 5.91 Å². The largest absolute Gasteiger partial charge is 0.418 e. The number of nitrogens with zero attached hydrogens (tertiary/aromatic N) is 8. The van der Waals surface area contributed by atoms with Gasteiger partial charge in [-0.1, -0.05) is 0 Å². The van der Waals surface area contributed by atoms with Gasteiger partial charge in [0, 0.05) is 49.9 Å². The van der Waals surface area contributed by atoms with Gasteiger partial charge in [0.2, 0.25) is 0 Å². The van der Waals surface area contributed by atoms with E-state index in [1.807, 2.05) is 31.4 Å². The van der Waals surface area contributed by atoms with Crippen LogP contribution in [0.2, 0.25) is 0 Å². The molecule has 1 aliphatic rings. The molecular weight excluding hydrogens is 511 g/mol. The van der Waals surface area contributed by atoms with Crippen LogP contribution in [-0.4, -0.2) is 56.3 Å². The fourth-order valence-electron chi connectivity index (χ4n) is 5.23. The molecule has 0 spiro atoms. The van der Waals surface area contributed by atoms with Crippen LogP contribution < -0.4 is 0 Å². The summed E-state index contributed by atoms with van der Waals surface area (Å²) in [6, 6.07) is 8.48. The van der Waals surface area contributed by atoms with Crippen molar-refractivity contribution >= 4 is 16.9 Å². The van der Waals surface area contributed by atoms with Crippen molar-refractivity contribution in [3.05, 3.63) is 95.7 Å². The summed E-state index contributed by atoms with van der Waals surface area (Å²) in [6.45, 7) is 0.321. The molecule has 39 heavy (non-hydrogen) atoms. The Bertz CT molecular complexity index is 1880. The number of halogens is 3. The van der Waals surface area contributed by atoms with E-state index in [9.17, 15) is 18.0 Å². The van der Waals surface area contributed by atoms with Crippen LogP contribution in [0.25, 0.3) is 22.3 Å². The lowest BCUT2D eigenvalue weighted by atomic mass is 9.98. The molecule has 0 fully saturated rings. The second-order valence-electron chi connectivity index (χ2n) is 9.42. The first-order valence-electron chi connectivity index (χ1n) is 12.1. The highest BCUT2D eigenvalue weighted by Gasteiger charge is 2.39. The van der Waals surface area contributed by atoms with E-state index < -0.39 is 17.8 Å². The van der Waals surface area contributed by atoms with E-state index in [0.29, 0.717) is 35.4 Å². The maximum absolute atomic E-state index is 14.0. The molecule has 1 N–H and O–H groups in total. The van der Waals surface area contributed by atoms with E-state index in [1.54, 1.807) is 20.3 Å². The zero-order valence-corrected chi connectivity index (χ0v) is 20.5. The van der Waals surface area contributed by atoms with Gasteiger partial charge in [-0.15, -0.1) is 0 Å². The van der Waals surface area contributed by atoms with E-state index in [-0.39, 0.29) is 11.4 Å². The van der Waals surface area contributed by atoms with Gasteiger partial charge >= 0.3 is 6.18 Å². The molecule has 196 valence electrons. The van der Waals surface area contributed by atoms with Crippen molar-refractivity contribution < 1.29 is 18.0 Å². The van der Waals surface area contributed by atoms with Crippen LogP contribution in [0.15, 0.2) is 67.5 Å². The van der Waals surface area contributed by atoms with E-state index in [1.165, 1.54) is 35.4 Å². The smallest absolute Gasteiger partial charge is 0.348 e. The van der Waals surface area contributed by atoms with Gasteiger partial charge < -0.3 is 9.88 Å². The Morgan fingerprint density at radius 3 is 2.74 bits per heavy atom. The van der Waals surface area contributed by atoms with Crippen molar-refractivity contribution in [2.24, 2.45) is 7.05 Å². The van der Waals surface area contributed by atoms with Gasteiger partial charge in [-0.2, -0.15) is 28.5 Å². The van der Waals surface area contributed by atoms with Crippen molar-refractivity contribution in [3.8, 4) is 11.3 Å². The number of fused-ring (bicyclic) bond motifs is 3. The molecule has 0 aromatic carbocycles. The maximum Gasteiger partial charge on any atom is 0.418 e. The highest BCUT2D eigenvalue weighted by Crippen LogP contribution is 2.37. The molecule has 13 heteroatoms. The summed E-state index contributed by atoms with van der Waals surface area (Å²) in [6.07, 6.45) is 4.09. The minimum Gasteiger partial charge on any atom is -0.348 e. The summed E-state index contributed by atoms with van der Waals surface area (Å²) in [5, 5.41) is 13.3. The van der Waals surface area contributed by atoms with Crippen molar-refractivity contribution in [3.63, 3.8) is 0 Å². The molecule has 10 nitrogen and oxygen atoms in total. The van der Waals surface area contributed by atoms with Gasteiger partial charge in [0.15, 0.2) is 0 Å². The summed E-state index contributed by atoms with van der Waals surface area (Å²) in [7, 11) is 1.83. The molecule has 1 aliphatic heterocycles. The Balaban J connectivity index is 1.31. The first-order valence-corrected chi connectivity index (χ1v) is 12.1.